The van der Waals surface area contributed by atoms with E-state index in [1.807, 2.05) is 0 Å². The van der Waals surface area contributed by atoms with Gasteiger partial charge in [0.05, 0.1) is 11.8 Å². The number of halogens is 3. The van der Waals surface area contributed by atoms with Crippen LogP contribution in [0.3, 0.4) is 0 Å². The van der Waals surface area contributed by atoms with Gasteiger partial charge in [0.15, 0.2) is 17.4 Å². The van der Waals surface area contributed by atoms with Crippen LogP contribution in [0, 0.1) is 11.6 Å². The molecule has 0 bridgehead atoms. The fraction of sp³-hybridized carbons (Fsp3) is 0.167. The lowest BCUT2D eigenvalue weighted by Crippen LogP contribution is -2.07. The predicted octanol–water partition coefficient (Wildman–Crippen LogP) is 2.63. The summed E-state index contributed by atoms with van der Waals surface area (Å²) < 4.78 is 33.7. The van der Waals surface area contributed by atoms with Crippen molar-refractivity contribution in [3.05, 3.63) is 46.5 Å². The second-order valence-corrected chi connectivity index (χ2v) is 4.31. The molecule has 0 aliphatic heterocycles. The fourth-order valence-corrected chi connectivity index (χ4v) is 1.66. The van der Waals surface area contributed by atoms with E-state index in [9.17, 15) is 13.6 Å². The molecule has 1 aromatic carbocycles. The molecular formula is C12H9ClF2N2O3. The Balaban J connectivity index is 2.22. The van der Waals surface area contributed by atoms with Crippen molar-refractivity contribution >= 4 is 17.6 Å². The van der Waals surface area contributed by atoms with Gasteiger partial charge in [-0.2, -0.15) is 0 Å². The number of aromatic carboxylic acids is 1. The first-order valence-corrected chi connectivity index (χ1v) is 5.79. The van der Waals surface area contributed by atoms with E-state index in [4.69, 9.17) is 21.4 Å². The fourth-order valence-electron chi connectivity index (χ4n) is 1.52. The van der Waals surface area contributed by atoms with E-state index in [0.29, 0.717) is 23.1 Å². The Morgan fingerprint density at radius 2 is 2.05 bits per heavy atom. The molecule has 1 aromatic heterocycles. The molecule has 0 saturated carbocycles. The van der Waals surface area contributed by atoms with Gasteiger partial charge in [0.2, 0.25) is 0 Å². The highest BCUT2D eigenvalue weighted by molar-refractivity contribution is 6.29. The van der Waals surface area contributed by atoms with Crippen molar-refractivity contribution in [3.63, 3.8) is 0 Å². The van der Waals surface area contributed by atoms with Crippen LogP contribution in [0.2, 0.25) is 5.15 Å². The normalized spacial score (nSPS) is 10.6. The molecule has 0 aliphatic carbocycles. The third kappa shape index (κ3) is 2.72. The van der Waals surface area contributed by atoms with E-state index in [1.165, 1.54) is 10.8 Å². The number of ether oxygens (including phenoxy) is 1. The van der Waals surface area contributed by atoms with Crippen molar-refractivity contribution in [2.24, 2.45) is 7.05 Å². The Kier molecular flexibility index (Phi) is 3.89. The summed E-state index contributed by atoms with van der Waals surface area (Å²) in [5, 5.41) is 9.02. The molecule has 0 saturated heterocycles. The van der Waals surface area contributed by atoms with Gasteiger partial charge in [-0.1, -0.05) is 11.6 Å². The van der Waals surface area contributed by atoms with E-state index < -0.39 is 28.9 Å². The van der Waals surface area contributed by atoms with Gasteiger partial charge < -0.3 is 14.4 Å². The number of imidazole rings is 1. The van der Waals surface area contributed by atoms with E-state index in [0.717, 1.165) is 0 Å². The first-order valence-electron chi connectivity index (χ1n) is 5.41. The minimum absolute atomic E-state index is 0.205. The number of nitrogens with zero attached hydrogens (tertiary/aromatic N) is 2. The van der Waals surface area contributed by atoms with Crippen LogP contribution < -0.4 is 4.74 Å². The van der Waals surface area contributed by atoms with Crippen molar-refractivity contribution in [2.75, 3.05) is 0 Å². The minimum atomic E-state index is -1.43. The molecule has 0 fully saturated rings. The summed E-state index contributed by atoms with van der Waals surface area (Å²) in [5.74, 6) is -3.90. The van der Waals surface area contributed by atoms with Gasteiger partial charge in [-0.05, 0) is 12.1 Å². The second-order valence-electron chi connectivity index (χ2n) is 3.92. The van der Waals surface area contributed by atoms with E-state index >= 15 is 0 Å². The highest BCUT2D eigenvalue weighted by Crippen LogP contribution is 2.24. The molecule has 2 rings (SSSR count). The molecule has 0 spiro atoms. The number of hydrogen-bond donors (Lipinski definition) is 1. The van der Waals surface area contributed by atoms with Crippen molar-refractivity contribution in [1.82, 2.24) is 9.55 Å². The van der Waals surface area contributed by atoms with Crippen LogP contribution in [0.25, 0.3) is 0 Å². The summed E-state index contributed by atoms with van der Waals surface area (Å²) in [5.41, 5.74) is -0.493. The molecule has 8 heteroatoms. The smallest absolute Gasteiger partial charge is 0.335 e. The zero-order valence-electron chi connectivity index (χ0n) is 10.2. The molecule has 5 nitrogen and oxygen atoms in total. The zero-order valence-corrected chi connectivity index (χ0v) is 11.0. The SMILES string of the molecule is Cn1c(Cl)cnc1COc1c(F)cc(C(=O)O)cc1F. The lowest BCUT2D eigenvalue weighted by atomic mass is 10.2. The van der Waals surface area contributed by atoms with Gasteiger partial charge in [0.25, 0.3) is 0 Å². The van der Waals surface area contributed by atoms with Crippen molar-refractivity contribution in [3.8, 4) is 5.75 Å². The minimum Gasteiger partial charge on any atom is -0.480 e. The average Bonchev–Trinajstić information content (AvgIpc) is 2.69. The number of carboxylic acid groups (broad SMARTS) is 1. The number of carboxylic acids is 1. The Morgan fingerprint density at radius 1 is 1.45 bits per heavy atom. The van der Waals surface area contributed by atoms with Gasteiger partial charge >= 0.3 is 5.97 Å². The van der Waals surface area contributed by atoms with Crippen LogP contribution in [-0.4, -0.2) is 20.6 Å². The standard InChI is InChI=1S/C12H9ClF2N2O3/c1-17-9(13)4-16-10(17)5-20-11-7(14)2-6(12(18)19)3-8(11)15/h2-4H,5H2,1H3,(H,18,19). The molecule has 2 aromatic rings. The topological polar surface area (TPSA) is 64.4 Å². The summed E-state index contributed by atoms with van der Waals surface area (Å²) in [6, 6.07) is 1.37. The lowest BCUT2D eigenvalue weighted by Gasteiger charge is -2.09. The third-order valence-electron chi connectivity index (χ3n) is 2.62. The Bertz CT molecular complexity index is 650. The second kappa shape index (κ2) is 5.46. The van der Waals surface area contributed by atoms with Crippen molar-refractivity contribution < 1.29 is 23.4 Å². The van der Waals surface area contributed by atoms with E-state index in [-0.39, 0.29) is 6.61 Å². The van der Waals surface area contributed by atoms with Crippen LogP contribution >= 0.6 is 11.6 Å². The lowest BCUT2D eigenvalue weighted by molar-refractivity contribution is 0.0695. The monoisotopic (exact) mass is 302 g/mol. The van der Waals surface area contributed by atoms with Crippen LogP contribution in [0.5, 0.6) is 5.75 Å². The molecule has 0 unspecified atom stereocenters. The summed E-state index contributed by atoms with van der Waals surface area (Å²) in [4.78, 5) is 14.5. The largest absolute Gasteiger partial charge is 0.480 e. The Hall–Kier alpha value is -2.15. The maximum Gasteiger partial charge on any atom is 0.335 e. The summed E-state index contributed by atoms with van der Waals surface area (Å²) in [6.45, 7) is -0.205. The number of carbonyl (C=O) groups is 1. The van der Waals surface area contributed by atoms with E-state index in [1.54, 1.807) is 7.05 Å². The maximum atomic E-state index is 13.6. The van der Waals surface area contributed by atoms with Crippen LogP contribution in [0.15, 0.2) is 18.3 Å². The Labute approximate surface area is 117 Å². The molecule has 0 aliphatic rings. The predicted molar refractivity (Wildman–Crippen MR) is 65.9 cm³/mol. The molecule has 1 heterocycles. The van der Waals surface area contributed by atoms with Crippen LogP contribution in [0.4, 0.5) is 8.78 Å². The van der Waals surface area contributed by atoms with Crippen LogP contribution in [0.1, 0.15) is 16.2 Å². The summed E-state index contributed by atoms with van der Waals surface area (Å²) in [7, 11) is 1.62. The molecule has 0 atom stereocenters. The quantitative estimate of drug-likeness (QED) is 0.943. The molecule has 106 valence electrons. The molecule has 0 amide bonds. The molecule has 0 radical (unpaired) electrons. The summed E-state index contributed by atoms with van der Waals surface area (Å²) in [6.07, 6.45) is 1.38. The van der Waals surface area contributed by atoms with Crippen molar-refractivity contribution in [2.45, 2.75) is 6.61 Å². The highest BCUT2D eigenvalue weighted by atomic mass is 35.5. The third-order valence-corrected chi connectivity index (χ3v) is 2.97. The number of aromatic nitrogens is 2. The van der Waals surface area contributed by atoms with Crippen molar-refractivity contribution in [1.29, 1.82) is 0 Å². The average molecular weight is 303 g/mol. The maximum absolute atomic E-state index is 13.6. The van der Waals surface area contributed by atoms with E-state index in [2.05, 4.69) is 4.98 Å². The summed E-state index contributed by atoms with van der Waals surface area (Å²) >= 11 is 5.76. The van der Waals surface area contributed by atoms with Gasteiger partial charge in [0.1, 0.15) is 17.6 Å². The first-order chi connectivity index (χ1) is 9.40. The zero-order chi connectivity index (χ0) is 14.9. The number of benzene rings is 1. The Morgan fingerprint density at radius 3 is 2.50 bits per heavy atom. The highest BCUT2D eigenvalue weighted by Gasteiger charge is 2.17. The van der Waals surface area contributed by atoms with Gasteiger partial charge in [-0.15, -0.1) is 0 Å². The van der Waals surface area contributed by atoms with Gasteiger partial charge in [-0.3, -0.25) is 0 Å². The van der Waals surface area contributed by atoms with Gasteiger partial charge in [0, 0.05) is 7.05 Å². The molecule has 20 heavy (non-hydrogen) atoms. The first kappa shape index (κ1) is 14.3. The number of hydrogen-bond acceptors (Lipinski definition) is 3. The van der Waals surface area contributed by atoms with Crippen LogP contribution in [-0.2, 0) is 13.7 Å². The molecule has 1 N–H and O–H groups in total. The number of rotatable bonds is 4. The van der Waals surface area contributed by atoms with Gasteiger partial charge in [-0.25, -0.2) is 18.6 Å². The molecular weight excluding hydrogens is 294 g/mol.